The van der Waals surface area contributed by atoms with Crippen LogP contribution in [0.5, 0.6) is 0 Å². The third-order valence-electron chi connectivity index (χ3n) is 3.51. The Kier molecular flexibility index (Phi) is 4.44. The van der Waals surface area contributed by atoms with E-state index in [1.165, 1.54) is 12.5 Å². The standard InChI is InChI=1S/C18H16ClN3O/c1-13(23)21-20-10-15-12-22(18-5-3-2-4-17(15)18)11-14-6-8-16(19)9-7-14/h2-10,12H,11H2,1H3,(H,21,23). The molecular formula is C18H16ClN3O. The SMILES string of the molecule is CC(=O)NN=Cc1cn(Cc2ccc(Cl)cc2)c2ccccc12. The zero-order valence-corrected chi connectivity index (χ0v) is 13.4. The van der Waals surface area contributed by atoms with Gasteiger partial charge in [0, 0.05) is 41.2 Å². The van der Waals surface area contributed by atoms with Crippen molar-refractivity contribution >= 4 is 34.6 Å². The van der Waals surface area contributed by atoms with Gasteiger partial charge in [-0.25, -0.2) is 5.43 Å². The molecule has 0 radical (unpaired) electrons. The van der Waals surface area contributed by atoms with Gasteiger partial charge in [0.05, 0.1) is 6.21 Å². The van der Waals surface area contributed by atoms with Crippen molar-refractivity contribution in [2.75, 3.05) is 0 Å². The number of nitrogens with zero attached hydrogens (tertiary/aromatic N) is 2. The van der Waals surface area contributed by atoms with E-state index in [4.69, 9.17) is 11.6 Å². The highest BCUT2D eigenvalue weighted by Crippen LogP contribution is 2.21. The molecule has 4 nitrogen and oxygen atoms in total. The van der Waals surface area contributed by atoms with Crippen LogP contribution in [0, 0.1) is 0 Å². The van der Waals surface area contributed by atoms with E-state index in [0.29, 0.717) is 0 Å². The monoisotopic (exact) mass is 325 g/mol. The molecule has 1 amide bonds. The first-order chi connectivity index (χ1) is 11.1. The number of hydrogen-bond acceptors (Lipinski definition) is 2. The van der Waals surface area contributed by atoms with Gasteiger partial charge in [-0.15, -0.1) is 0 Å². The normalized spacial score (nSPS) is 11.2. The molecule has 1 aromatic heterocycles. The van der Waals surface area contributed by atoms with Crippen LogP contribution in [-0.2, 0) is 11.3 Å². The average Bonchev–Trinajstić information content (AvgIpc) is 2.88. The van der Waals surface area contributed by atoms with Gasteiger partial charge < -0.3 is 4.57 Å². The Hall–Kier alpha value is -2.59. The van der Waals surface area contributed by atoms with Crippen molar-refractivity contribution in [2.24, 2.45) is 5.10 Å². The number of hydrogen-bond donors (Lipinski definition) is 1. The van der Waals surface area contributed by atoms with Gasteiger partial charge in [-0.2, -0.15) is 5.10 Å². The number of halogens is 1. The third kappa shape index (κ3) is 3.60. The fourth-order valence-corrected chi connectivity index (χ4v) is 2.61. The maximum Gasteiger partial charge on any atom is 0.236 e. The Morgan fingerprint density at radius 1 is 1.22 bits per heavy atom. The molecule has 3 aromatic rings. The molecule has 0 unspecified atom stereocenters. The molecular weight excluding hydrogens is 310 g/mol. The average molecular weight is 326 g/mol. The summed E-state index contributed by atoms with van der Waals surface area (Å²) in [6, 6.07) is 15.9. The van der Waals surface area contributed by atoms with Crippen LogP contribution in [0.2, 0.25) is 5.02 Å². The van der Waals surface area contributed by atoms with Gasteiger partial charge in [0.15, 0.2) is 0 Å². The molecule has 1 heterocycles. The number of fused-ring (bicyclic) bond motifs is 1. The van der Waals surface area contributed by atoms with Crippen molar-refractivity contribution in [3.05, 3.63) is 70.9 Å². The van der Waals surface area contributed by atoms with E-state index < -0.39 is 0 Å². The molecule has 2 aromatic carbocycles. The van der Waals surface area contributed by atoms with E-state index in [1.54, 1.807) is 6.21 Å². The Labute approximate surface area is 139 Å². The maximum atomic E-state index is 10.9. The molecule has 0 saturated carbocycles. The first-order valence-corrected chi connectivity index (χ1v) is 7.63. The van der Waals surface area contributed by atoms with Crippen LogP contribution in [-0.4, -0.2) is 16.7 Å². The number of para-hydroxylation sites is 1. The molecule has 116 valence electrons. The van der Waals surface area contributed by atoms with E-state index >= 15 is 0 Å². The molecule has 0 fully saturated rings. The van der Waals surface area contributed by atoms with E-state index in [9.17, 15) is 4.79 Å². The largest absolute Gasteiger partial charge is 0.342 e. The Morgan fingerprint density at radius 2 is 1.96 bits per heavy atom. The predicted molar refractivity (Wildman–Crippen MR) is 93.9 cm³/mol. The van der Waals surface area contributed by atoms with E-state index in [0.717, 1.165) is 28.0 Å². The van der Waals surface area contributed by atoms with Crippen molar-refractivity contribution in [2.45, 2.75) is 13.5 Å². The summed E-state index contributed by atoms with van der Waals surface area (Å²) in [6.07, 6.45) is 3.70. The molecule has 0 aliphatic rings. The number of carbonyl (C=O) groups excluding carboxylic acids is 1. The molecule has 5 heteroatoms. The minimum Gasteiger partial charge on any atom is -0.342 e. The number of benzene rings is 2. The summed E-state index contributed by atoms with van der Waals surface area (Å²) in [6.45, 7) is 2.17. The summed E-state index contributed by atoms with van der Waals surface area (Å²) in [5.41, 5.74) is 5.68. The highest BCUT2D eigenvalue weighted by molar-refractivity contribution is 6.30. The molecule has 23 heavy (non-hydrogen) atoms. The van der Waals surface area contributed by atoms with Gasteiger partial charge in [-0.05, 0) is 23.8 Å². The maximum absolute atomic E-state index is 10.9. The highest BCUT2D eigenvalue weighted by atomic mass is 35.5. The van der Waals surface area contributed by atoms with Gasteiger partial charge in [0.2, 0.25) is 5.91 Å². The van der Waals surface area contributed by atoms with Gasteiger partial charge in [-0.3, -0.25) is 4.79 Å². The van der Waals surface area contributed by atoms with E-state index in [1.807, 2.05) is 48.7 Å². The van der Waals surface area contributed by atoms with E-state index in [-0.39, 0.29) is 5.91 Å². The van der Waals surface area contributed by atoms with Crippen LogP contribution in [0.25, 0.3) is 10.9 Å². The molecule has 0 bridgehead atoms. The van der Waals surface area contributed by atoms with Gasteiger partial charge in [-0.1, -0.05) is 41.9 Å². The second-order valence-corrected chi connectivity index (χ2v) is 5.72. The van der Waals surface area contributed by atoms with Gasteiger partial charge in [0.1, 0.15) is 0 Å². The van der Waals surface area contributed by atoms with Crippen molar-refractivity contribution in [1.82, 2.24) is 9.99 Å². The van der Waals surface area contributed by atoms with Gasteiger partial charge in [0.25, 0.3) is 0 Å². The Balaban J connectivity index is 1.95. The molecule has 0 atom stereocenters. The fraction of sp³-hybridized carbons (Fsp3) is 0.111. The summed E-state index contributed by atoms with van der Waals surface area (Å²) in [5, 5.41) is 5.79. The molecule has 0 spiro atoms. The third-order valence-corrected chi connectivity index (χ3v) is 3.76. The highest BCUT2D eigenvalue weighted by Gasteiger charge is 2.07. The second kappa shape index (κ2) is 6.67. The number of nitrogens with one attached hydrogen (secondary N) is 1. The zero-order valence-electron chi connectivity index (χ0n) is 12.7. The fourth-order valence-electron chi connectivity index (χ4n) is 2.49. The van der Waals surface area contributed by atoms with E-state index in [2.05, 4.69) is 21.2 Å². The number of aromatic nitrogens is 1. The lowest BCUT2D eigenvalue weighted by Crippen LogP contribution is -2.12. The molecule has 3 rings (SSSR count). The zero-order chi connectivity index (χ0) is 16.2. The summed E-state index contributed by atoms with van der Waals surface area (Å²) in [4.78, 5) is 10.9. The lowest BCUT2D eigenvalue weighted by atomic mass is 10.2. The topological polar surface area (TPSA) is 46.4 Å². The Morgan fingerprint density at radius 3 is 2.70 bits per heavy atom. The van der Waals surface area contributed by atoms with Crippen LogP contribution in [0.1, 0.15) is 18.1 Å². The van der Waals surface area contributed by atoms with Crippen LogP contribution in [0.3, 0.4) is 0 Å². The predicted octanol–water partition coefficient (Wildman–Crippen LogP) is 3.81. The molecule has 0 saturated heterocycles. The lowest BCUT2D eigenvalue weighted by molar-refractivity contribution is -0.118. The number of amides is 1. The minimum atomic E-state index is -0.189. The number of carbonyl (C=O) groups is 1. The smallest absolute Gasteiger partial charge is 0.236 e. The molecule has 1 N–H and O–H groups in total. The van der Waals surface area contributed by atoms with Crippen LogP contribution in [0.4, 0.5) is 0 Å². The molecule has 0 aliphatic heterocycles. The Bertz CT molecular complexity index is 866. The van der Waals surface area contributed by atoms with Crippen molar-refractivity contribution < 1.29 is 4.79 Å². The number of hydrazone groups is 1. The lowest BCUT2D eigenvalue weighted by Gasteiger charge is -2.05. The van der Waals surface area contributed by atoms with Crippen LogP contribution >= 0.6 is 11.6 Å². The summed E-state index contributed by atoms with van der Waals surface area (Å²) < 4.78 is 2.16. The summed E-state index contributed by atoms with van der Waals surface area (Å²) in [7, 11) is 0. The van der Waals surface area contributed by atoms with Crippen LogP contribution in [0.15, 0.2) is 59.8 Å². The van der Waals surface area contributed by atoms with Crippen molar-refractivity contribution in [1.29, 1.82) is 0 Å². The molecule has 0 aliphatic carbocycles. The quantitative estimate of drug-likeness (QED) is 0.575. The summed E-state index contributed by atoms with van der Waals surface area (Å²) >= 11 is 5.94. The van der Waals surface area contributed by atoms with Crippen LogP contribution < -0.4 is 5.43 Å². The minimum absolute atomic E-state index is 0.189. The van der Waals surface area contributed by atoms with Gasteiger partial charge >= 0.3 is 0 Å². The second-order valence-electron chi connectivity index (χ2n) is 5.28. The first kappa shape index (κ1) is 15.3. The van der Waals surface area contributed by atoms with Crippen molar-refractivity contribution in [3.63, 3.8) is 0 Å². The first-order valence-electron chi connectivity index (χ1n) is 7.25. The number of rotatable bonds is 4. The van der Waals surface area contributed by atoms with Crippen molar-refractivity contribution in [3.8, 4) is 0 Å². The summed E-state index contributed by atoms with van der Waals surface area (Å²) in [5.74, 6) is -0.189.